The fourth-order valence-electron chi connectivity index (χ4n) is 7.96. The van der Waals surface area contributed by atoms with E-state index in [-0.39, 0.29) is 11.5 Å². The summed E-state index contributed by atoms with van der Waals surface area (Å²) in [5.41, 5.74) is 12.8. The number of rotatable bonds is 4. The Kier molecular flexibility index (Phi) is 7.47. The van der Waals surface area contributed by atoms with E-state index in [0.717, 1.165) is 64.7 Å². The van der Waals surface area contributed by atoms with Gasteiger partial charge in [0.25, 0.3) is 0 Å². The van der Waals surface area contributed by atoms with Gasteiger partial charge in [-0.3, -0.25) is 4.99 Å². The molecule has 2 aromatic carbocycles. The Balaban J connectivity index is 1.40. The predicted octanol–water partition coefficient (Wildman–Crippen LogP) is 9.77. The van der Waals surface area contributed by atoms with Gasteiger partial charge in [-0.15, -0.1) is 0 Å². The number of hydrogen-bond donors (Lipinski definition) is 0. The molecule has 2 atom stereocenters. The topological polar surface area (TPSA) is 42.3 Å². The van der Waals surface area contributed by atoms with Gasteiger partial charge in [-0.25, -0.2) is 4.98 Å². The normalized spacial score (nSPS) is 19.7. The zero-order valence-corrected chi connectivity index (χ0v) is 29.9. The second-order valence-corrected chi connectivity index (χ2v) is 20.6. The Labute approximate surface area is 275 Å². The third-order valence-electron chi connectivity index (χ3n) is 10.7. The van der Waals surface area contributed by atoms with Crippen molar-refractivity contribution >= 4 is 41.0 Å². The van der Waals surface area contributed by atoms with Gasteiger partial charge in [-0.05, 0) is 73.4 Å². The first kappa shape index (κ1) is 30.8. The molecule has 0 saturated heterocycles. The molecular weight excluding hydrogens is 579 g/mol. The van der Waals surface area contributed by atoms with Crippen LogP contribution in [-0.4, -0.2) is 18.8 Å². The second-order valence-electron chi connectivity index (χ2n) is 15.6. The molecule has 2 aliphatic rings. The van der Waals surface area contributed by atoms with Crippen LogP contribution in [0.1, 0.15) is 86.9 Å². The Morgan fingerprint density at radius 1 is 1.02 bits per heavy atom. The smallest absolute Gasteiger partial charge is 0.227 e. The minimum atomic E-state index is -1.64. The summed E-state index contributed by atoms with van der Waals surface area (Å²) in [7, 11) is -1.64. The van der Waals surface area contributed by atoms with Crippen LogP contribution in [0.15, 0.2) is 82.5 Å². The molecule has 46 heavy (non-hydrogen) atoms. The van der Waals surface area contributed by atoms with Crippen molar-refractivity contribution in [3.8, 4) is 11.3 Å². The molecule has 3 aromatic heterocycles. The molecule has 5 aromatic rings. The van der Waals surface area contributed by atoms with Gasteiger partial charge < -0.3 is 4.42 Å². The SMILES string of the molecule is C=C1CC2C(CCc3ccc4c(oc5nc(C)ccc54)c3/C(C)=N\1)c1ccccc1-c1cc(CC(C)(C)CC)c([Si](C)(C)C)c[n+]12. The van der Waals surface area contributed by atoms with Crippen LogP contribution in [-0.2, 0) is 12.8 Å². The molecule has 0 radical (unpaired) electrons. The lowest BCUT2D eigenvalue weighted by Crippen LogP contribution is -2.54. The molecule has 4 nitrogen and oxygen atoms in total. The van der Waals surface area contributed by atoms with E-state index >= 15 is 0 Å². The van der Waals surface area contributed by atoms with Crippen molar-refractivity contribution in [1.82, 2.24) is 4.98 Å². The number of aliphatic imine (C=N–C) groups is 1. The highest BCUT2D eigenvalue weighted by molar-refractivity contribution is 6.89. The summed E-state index contributed by atoms with van der Waals surface area (Å²) in [6.07, 6.45) is 7.63. The number of pyridine rings is 2. The van der Waals surface area contributed by atoms with Crippen molar-refractivity contribution in [2.45, 2.75) is 98.3 Å². The Hall–Kier alpha value is -3.83. The lowest BCUT2D eigenvalue weighted by molar-refractivity contribution is -0.717. The molecule has 0 fully saturated rings. The number of benzene rings is 2. The number of furan rings is 1. The average molecular weight is 627 g/mol. The zero-order chi connectivity index (χ0) is 32.5. The quantitative estimate of drug-likeness (QED) is 0.147. The van der Waals surface area contributed by atoms with Gasteiger partial charge in [0.1, 0.15) is 5.58 Å². The third kappa shape index (κ3) is 5.27. The van der Waals surface area contributed by atoms with Gasteiger partial charge in [-0.1, -0.05) is 83.7 Å². The van der Waals surface area contributed by atoms with Crippen molar-refractivity contribution in [2.75, 3.05) is 0 Å². The molecule has 5 heteroatoms. The van der Waals surface area contributed by atoms with Crippen LogP contribution < -0.4 is 9.75 Å². The summed E-state index contributed by atoms with van der Waals surface area (Å²) >= 11 is 0. The lowest BCUT2D eigenvalue weighted by Gasteiger charge is -2.34. The van der Waals surface area contributed by atoms with Crippen LogP contribution >= 0.6 is 0 Å². The fourth-order valence-corrected chi connectivity index (χ4v) is 9.61. The molecule has 0 amide bonds. The summed E-state index contributed by atoms with van der Waals surface area (Å²) in [5, 5.41) is 3.74. The highest BCUT2D eigenvalue weighted by atomic mass is 28.3. The van der Waals surface area contributed by atoms with Gasteiger partial charge in [0.2, 0.25) is 11.4 Å². The molecule has 0 aliphatic carbocycles. The minimum absolute atomic E-state index is 0.251. The Bertz CT molecular complexity index is 2060. The standard InChI is InChI=1S/C41H48N3OSi/c1-10-41(5,6)23-29-22-36-31-14-12-11-13-30(31)32-19-16-28-17-20-33-34-18-15-25(2)43-40(34)45-39(33)38(28)27(4)42-26(3)21-35(32)44(36)24-37(29)46(7,8)9/h11-15,17-18,20,22,24,32,35H,3,10,16,19,21,23H2,1-2,4-9H3/q+1/b42-27-. The van der Waals surface area contributed by atoms with E-state index < -0.39 is 8.07 Å². The van der Waals surface area contributed by atoms with E-state index in [9.17, 15) is 0 Å². The van der Waals surface area contributed by atoms with E-state index in [1.165, 1.54) is 34.4 Å². The van der Waals surface area contributed by atoms with Gasteiger partial charge in [0.15, 0.2) is 12.2 Å². The molecule has 0 saturated carbocycles. The number of nitrogens with zero attached hydrogens (tertiary/aromatic N) is 3. The second kappa shape index (κ2) is 11.2. The largest absolute Gasteiger partial charge is 0.437 e. The third-order valence-corrected chi connectivity index (χ3v) is 12.8. The van der Waals surface area contributed by atoms with Crippen molar-refractivity contribution in [3.05, 3.63) is 101 Å². The van der Waals surface area contributed by atoms with Gasteiger partial charge in [-0.2, -0.15) is 4.57 Å². The molecule has 2 aliphatic heterocycles. The number of hydrogen-bond acceptors (Lipinski definition) is 3. The fraction of sp³-hybridized carbons (Fsp3) is 0.390. The maximum Gasteiger partial charge on any atom is 0.227 e. The van der Waals surface area contributed by atoms with Crippen LogP contribution in [0.5, 0.6) is 0 Å². The lowest BCUT2D eigenvalue weighted by atomic mass is 9.77. The number of allylic oxidation sites excluding steroid dienone is 1. The van der Waals surface area contributed by atoms with E-state index in [0.29, 0.717) is 11.6 Å². The molecule has 7 rings (SSSR count). The van der Waals surface area contributed by atoms with Gasteiger partial charge >= 0.3 is 0 Å². The van der Waals surface area contributed by atoms with Crippen LogP contribution in [0.4, 0.5) is 0 Å². The predicted molar refractivity (Wildman–Crippen MR) is 195 cm³/mol. The number of aromatic nitrogens is 2. The highest BCUT2D eigenvalue weighted by Gasteiger charge is 2.42. The van der Waals surface area contributed by atoms with E-state index in [1.54, 1.807) is 5.19 Å². The zero-order valence-electron chi connectivity index (χ0n) is 28.9. The van der Waals surface area contributed by atoms with Crippen molar-refractivity contribution < 1.29 is 8.98 Å². The monoisotopic (exact) mass is 626 g/mol. The van der Waals surface area contributed by atoms with E-state index in [1.807, 2.05) is 6.92 Å². The van der Waals surface area contributed by atoms with Gasteiger partial charge in [0.05, 0.1) is 14.5 Å². The van der Waals surface area contributed by atoms with Crippen LogP contribution in [0.3, 0.4) is 0 Å². The minimum Gasteiger partial charge on any atom is -0.437 e. The number of fused-ring (bicyclic) bond motifs is 11. The number of aryl methyl sites for hydroxylation is 2. The molecule has 0 bridgehead atoms. The first-order chi connectivity index (χ1) is 21.8. The molecule has 0 N–H and O–H groups in total. The van der Waals surface area contributed by atoms with Crippen LogP contribution in [0.2, 0.25) is 19.6 Å². The van der Waals surface area contributed by atoms with Crippen molar-refractivity contribution in [3.63, 3.8) is 0 Å². The van der Waals surface area contributed by atoms with Crippen molar-refractivity contribution in [2.24, 2.45) is 10.4 Å². The molecule has 0 spiro atoms. The summed E-state index contributed by atoms with van der Waals surface area (Å²) < 4.78 is 9.13. The summed E-state index contributed by atoms with van der Waals surface area (Å²) in [5.74, 6) is 0.343. The van der Waals surface area contributed by atoms with Crippen LogP contribution in [0.25, 0.3) is 33.3 Å². The van der Waals surface area contributed by atoms with Crippen molar-refractivity contribution in [1.29, 1.82) is 0 Å². The highest BCUT2D eigenvalue weighted by Crippen LogP contribution is 2.45. The summed E-state index contributed by atoms with van der Waals surface area (Å²) in [6.45, 7) is 23.4. The van der Waals surface area contributed by atoms with Gasteiger partial charge in [0, 0.05) is 56.2 Å². The van der Waals surface area contributed by atoms with Crippen LogP contribution in [0, 0.1) is 12.3 Å². The Morgan fingerprint density at radius 3 is 2.54 bits per heavy atom. The molecule has 5 heterocycles. The molecular formula is C41H48N3OSi+. The maximum atomic E-state index is 6.49. The average Bonchev–Trinajstić information content (AvgIpc) is 3.36. The Morgan fingerprint density at radius 2 is 1.78 bits per heavy atom. The molecule has 236 valence electrons. The summed E-state index contributed by atoms with van der Waals surface area (Å²) in [4.78, 5) is 9.93. The maximum absolute atomic E-state index is 6.49. The first-order valence-corrected chi connectivity index (χ1v) is 20.6. The first-order valence-electron chi connectivity index (χ1n) is 17.1. The molecule has 2 unspecified atom stereocenters. The van der Waals surface area contributed by atoms with E-state index in [2.05, 4.69) is 119 Å². The van der Waals surface area contributed by atoms with E-state index in [4.69, 9.17) is 14.4 Å². The summed E-state index contributed by atoms with van der Waals surface area (Å²) in [6, 6.07) is 20.7.